The highest BCUT2D eigenvalue weighted by atomic mass is 19.4. The lowest BCUT2D eigenvalue weighted by molar-refractivity contribution is -0.384. The summed E-state index contributed by atoms with van der Waals surface area (Å²) < 4.78 is 41.7. The highest BCUT2D eigenvalue weighted by Crippen LogP contribution is 2.41. The first-order chi connectivity index (χ1) is 12.9. The van der Waals surface area contributed by atoms with Crippen LogP contribution in [0.1, 0.15) is 11.1 Å². The van der Waals surface area contributed by atoms with Gasteiger partial charge in [-0.15, -0.1) is 0 Å². The Hall–Kier alpha value is -3.36. The van der Waals surface area contributed by atoms with Gasteiger partial charge in [0.15, 0.2) is 0 Å². The van der Waals surface area contributed by atoms with Crippen molar-refractivity contribution in [2.45, 2.75) is 12.6 Å². The number of nitrogens with one attached hydrogen (secondary N) is 1. The van der Waals surface area contributed by atoms with Gasteiger partial charge in [-0.1, -0.05) is 30.3 Å². The molecule has 0 amide bonds. The molecule has 0 bridgehead atoms. The van der Waals surface area contributed by atoms with Gasteiger partial charge in [-0.3, -0.25) is 10.1 Å². The average Bonchev–Trinajstić information content (AvgIpc) is 3.23. The van der Waals surface area contributed by atoms with Gasteiger partial charge < -0.3 is 5.32 Å². The van der Waals surface area contributed by atoms with Gasteiger partial charge >= 0.3 is 6.18 Å². The molecular weight excluding hydrogens is 361 g/mol. The van der Waals surface area contributed by atoms with E-state index < -0.39 is 16.7 Å². The van der Waals surface area contributed by atoms with Crippen LogP contribution in [0, 0.1) is 10.1 Å². The van der Waals surface area contributed by atoms with E-state index in [2.05, 4.69) is 10.4 Å². The Labute approximate surface area is 151 Å². The van der Waals surface area contributed by atoms with E-state index in [1.54, 1.807) is 6.07 Å². The monoisotopic (exact) mass is 374 g/mol. The molecule has 6 nitrogen and oxygen atoms in total. The van der Waals surface area contributed by atoms with Crippen LogP contribution < -0.4 is 5.32 Å². The van der Waals surface area contributed by atoms with Crippen LogP contribution in [-0.2, 0) is 12.6 Å². The maximum Gasteiger partial charge on any atom is 0.417 e. The fraction of sp³-hybridized carbons (Fsp3) is 0.167. The molecule has 0 saturated carbocycles. The first-order valence-corrected chi connectivity index (χ1v) is 8.14. The van der Waals surface area contributed by atoms with Gasteiger partial charge in [0, 0.05) is 23.7 Å². The van der Waals surface area contributed by atoms with Crippen molar-refractivity contribution in [3.63, 3.8) is 0 Å². The van der Waals surface area contributed by atoms with Crippen LogP contribution in [-0.4, -0.2) is 21.2 Å². The molecule has 0 aliphatic carbocycles. The van der Waals surface area contributed by atoms with Crippen LogP contribution in [0.25, 0.3) is 16.9 Å². The minimum absolute atomic E-state index is 0.0396. The van der Waals surface area contributed by atoms with Crippen LogP contribution in [0.4, 0.5) is 24.7 Å². The van der Waals surface area contributed by atoms with Gasteiger partial charge in [0.05, 0.1) is 16.2 Å². The largest absolute Gasteiger partial charge is 0.417 e. The fourth-order valence-corrected chi connectivity index (χ4v) is 3.30. The maximum absolute atomic E-state index is 13.4. The zero-order valence-corrected chi connectivity index (χ0v) is 13.8. The van der Waals surface area contributed by atoms with Crippen LogP contribution >= 0.6 is 0 Å². The third-order valence-corrected chi connectivity index (χ3v) is 4.45. The summed E-state index contributed by atoms with van der Waals surface area (Å²) in [7, 11) is 0. The molecule has 27 heavy (non-hydrogen) atoms. The molecule has 4 rings (SSSR count). The number of anilines is 1. The smallest absolute Gasteiger partial charge is 0.369 e. The quantitative estimate of drug-likeness (QED) is 0.544. The van der Waals surface area contributed by atoms with Gasteiger partial charge in [-0.25, -0.2) is 4.68 Å². The maximum atomic E-state index is 13.4. The van der Waals surface area contributed by atoms with Crippen molar-refractivity contribution >= 4 is 11.5 Å². The molecule has 2 heterocycles. The molecule has 0 atom stereocenters. The molecule has 2 aromatic carbocycles. The van der Waals surface area contributed by atoms with Gasteiger partial charge in [0.1, 0.15) is 11.5 Å². The lowest BCUT2D eigenvalue weighted by atomic mass is 10.0. The van der Waals surface area contributed by atoms with Crippen molar-refractivity contribution in [1.82, 2.24) is 9.78 Å². The topological polar surface area (TPSA) is 73.0 Å². The summed E-state index contributed by atoms with van der Waals surface area (Å²) in [5, 5.41) is 18.8. The standard InChI is InChI=1S/C18H13F3N4O2/c19-18(20,21)13-6-2-1-5-11(13)16-12-9-10-22-17(12)24(23-16)14-7-3-4-8-15(14)25(26)27/h1-8,22H,9-10H2. The number of hydrogen-bond acceptors (Lipinski definition) is 4. The number of para-hydroxylation sites is 2. The van der Waals surface area contributed by atoms with Crippen molar-refractivity contribution in [2.75, 3.05) is 11.9 Å². The molecule has 0 saturated heterocycles. The average molecular weight is 374 g/mol. The molecule has 0 fully saturated rings. The van der Waals surface area contributed by atoms with E-state index in [1.807, 2.05) is 0 Å². The molecule has 138 valence electrons. The lowest BCUT2D eigenvalue weighted by Gasteiger charge is -2.11. The summed E-state index contributed by atoms with van der Waals surface area (Å²) in [6.07, 6.45) is -4.05. The highest BCUT2D eigenvalue weighted by molar-refractivity contribution is 5.76. The summed E-state index contributed by atoms with van der Waals surface area (Å²) in [6, 6.07) is 11.2. The molecule has 1 aromatic heterocycles. The number of rotatable bonds is 3. The Bertz CT molecular complexity index is 1040. The number of aromatic nitrogens is 2. The number of hydrogen-bond donors (Lipinski definition) is 1. The lowest BCUT2D eigenvalue weighted by Crippen LogP contribution is -2.09. The van der Waals surface area contributed by atoms with Crippen LogP contribution in [0.2, 0.25) is 0 Å². The Balaban J connectivity index is 1.96. The molecule has 1 aliphatic rings. The number of fused-ring (bicyclic) bond motifs is 1. The highest BCUT2D eigenvalue weighted by Gasteiger charge is 2.36. The van der Waals surface area contributed by atoms with E-state index in [0.29, 0.717) is 24.3 Å². The van der Waals surface area contributed by atoms with Crippen molar-refractivity contribution in [3.05, 3.63) is 69.8 Å². The zero-order valence-electron chi connectivity index (χ0n) is 13.8. The first kappa shape index (κ1) is 17.1. The number of nitrogens with zero attached hydrogens (tertiary/aromatic N) is 3. The molecule has 0 unspecified atom stereocenters. The molecule has 3 aromatic rings. The second kappa shape index (κ2) is 6.11. The number of nitro benzene ring substituents is 1. The molecule has 1 aliphatic heterocycles. The fourth-order valence-electron chi connectivity index (χ4n) is 3.30. The van der Waals surface area contributed by atoms with E-state index in [0.717, 1.165) is 6.07 Å². The van der Waals surface area contributed by atoms with Crippen LogP contribution in [0.3, 0.4) is 0 Å². The van der Waals surface area contributed by atoms with Gasteiger partial charge in [0.25, 0.3) is 5.69 Å². The first-order valence-electron chi connectivity index (χ1n) is 8.14. The predicted molar refractivity (Wildman–Crippen MR) is 92.9 cm³/mol. The third kappa shape index (κ3) is 2.80. The second-order valence-corrected chi connectivity index (χ2v) is 6.05. The normalized spacial score (nSPS) is 13.3. The van der Waals surface area contributed by atoms with Crippen molar-refractivity contribution < 1.29 is 18.1 Å². The number of nitro groups is 1. The van der Waals surface area contributed by atoms with E-state index in [9.17, 15) is 23.3 Å². The minimum atomic E-state index is -4.53. The molecular formula is C18H13F3N4O2. The Morgan fingerprint density at radius 3 is 2.56 bits per heavy atom. The van der Waals surface area contributed by atoms with E-state index >= 15 is 0 Å². The Kier molecular flexibility index (Phi) is 3.87. The number of halogens is 3. The molecule has 1 N–H and O–H groups in total. The third-order valence-electron chi connectivity index (χ3n) is 4.45. The molecule has 0 radical (unpaired) electrons. The van der Waals surface area contributed by atoms with Gasteiger partial charge in [-0.05, 0) is 18.6 Å². The second-order valence-electron chi connectivity index (χ2n) is 6.05. The van der Waals surface area contributed by atoms with Crippen molar-refractivity contribution in [3.8, 4) is 16.9 Å². The number of alkyl halides is 3. The summed E-state index contributed by atoms with van der Waals surface area (Å²) in [5.41, 5.74) is -0.00355. The summed E-state index contributed by atoms with van der Waals surface area (Å²) in [4.78, 5) is 10.8. The summed E-state index contributed by atoms with van der Waals surface area (Å²) in [5.74, 6) is 0.483. The van der Waals surface area contributed by atoms with Crippen molar-refractivity contribution in [2.24, 2.45) is 0 Å². The van der Waals surface area contributed by atoms with E-state index in [1.165, 1.54) is 41.1 Å². The summed E-state index contributed by atoms with van der Waals surface area (Å²) >= 11 is 0. The molecule has 9 heteroatoms. The Morgan fingerprint density at radius 1 is 1.11 bits per heavy atom. The van der Waals surface area contributed by atoms with Crippen LogP contribution in [0.15, 0.2) is 48.5 Å². The molecule has 0 spiro atoms. The predicted octanol–water partition coefficient (Wildman–Crippen LogP) is 4.43. The van der Waals surface area contributed by atoms with Gasteiger partial charge in [-0.2, -0.15) is 18.3 Å². The van der Waals surface area contributed by atoms with E-state index in [-0.39, 0.29) is 22.6 Å². The zero-order chi connectivity index (χ0) is 19.2. The van der Waals surface area contributed by atoms with Crippen molar-refractivity contribution in [1.29, 1.82) is 0 Å². The van der Waals surface area contributed by atoms with Gasteiger partial charge in [0.2, 0.25) is 0 Å². The number of benzene rings is 2. The Morgan fingerprint density at radius 2 is 1.81 bits per heavy atom. The van der Waals surface area contributed by atoms with Crippen LogP contribution in [0.5, 0.6) is 0 Å². The SMILES string of the molecule is O=[N+]([O-])c1ccccc1-n1nc(-c2ccccc2C(F)(F)F)c2c1NCC2. The minimum Gasteiger partial charge on any atom is -0.369 e. The van der Waals surface area contributed by atoms with E-state index in [4.69, 9.17) is 0 Å². The summed E-state index contributed by atoms with van der Waals surface area (Å²) in [6.45, 7) is 0.523.